The van der Waals surface area contributed by atoms with E-state index < -0.39 is 0 Å². The van der Waals surface area contributed by atoms with Gasteiger partial charge in [-0.15, -0.1) is 10.2 Å². The molecule has 0 spiro atoms. The molecule has 1 aromatic heterocycles. The SMILES string of the molecule is Cn1nnc(C2CN(C(=O)CCc3ccccc3)CCO2)n1. The molecule has 7 heteroatoms. The molecule has 1 unspecified atom stereocenters. The normalized spacial score (nSPS) is 18.4. The van der Waals surface area contributed by atoms with E-state index in [9.17, 15) is 4.79 Å². The van der Waals surface area contributed by atoms with Crippen molar-refractivity contribution in [3.8, 4) is 0 Å². The zero-order valence-electron chi connectivity index (χ0n) is 12.6. The highest BCUT2D eigenvalue weighted by molar-refractivity contribution is 5.76. The van der Waals surface area contributed by atoms with Gasteiger partial charge in [-0.2, -0.15) is 4.80 Å². The highest BCUT2D eigenvalue weighted by Crippen LogP contribution is 2.19. The van der Waals surface area contributed by atoms with E-state index in [0.717, 1.165) is 6.42 Å². The second-order valence-electron chi connectivity index (χ2n) is 5.32. The average Bonchev–Trinajstić information content (AvgIpc) is 3.00. The Bertz CT molecular complexity index is 628. The molecule has 1 atom stereocenters. The lowest BCUT2D eigenvalue weighted by Gasteiger charge is -2.31. The Morgan fingerprint density at radius 3 is 2.91 bits per heavy atom. The fourth-order valence-corrected chi connectivity index (χ4v) is 2.51. The first-order valence-electron chi connectivity index (χ1n) is 7.39. The molecule has 1 amide bonds. The van der Waals surface area contributed by atoms with Gasteiger partial charge in [0.15, 0.2) is 0 Å². The monoisotopic (exact) mass is 301 g/mol. The second-order valence-corrected chi connectivity index (χ2v) is 5.32. The third kappa shape index (κ3) is 3.48. The molecule has 0 saturated carbocycles. The maximum absolute atomic E-state index is 12.4. The van der Waals surface area contributed by atoms with Gasteiger partial charge < -0.3 is 9.64 Å². The van der Waals surface area contributed by atoms with Crippen LogP contribution in [0.3, 0.4) is 0 Å². The van der Waals surface area contributed by atoms with Gasteiger partial charge in [0.1, 0.15) is 6.10 Å². The van der Waals surface area contributed by atoms with Crippen LogP contribution in [-0.4, -0.2) is 50.7 Å². The molecule has 1 aliphatic rings. The molecular weight excluding hydrogens is 282 g/mol. The van der Waals surface area contributed by atoms with E-state index in [1.54, 1.807) is 7.05 Å². The Morgan fingerprint density at radius 2 is 2.18 bits per heavy atom. The van der Waals surface area contributed by atoms with Crippen LogP contribution < -0.4 is 0 Å². The molecule has 0 N–H and O–H groups in total. The lowest BCUT2D eigenvalue weighted by atomic mass is 10.1. The van der Waals surface area contributed by atoms with Crippen molar-refractivity contribution in [2.75, 3.05) is 19.7 Å². The summed E-state index contributed by atoms with van der Waals surface area (Å²) in [6.07, 6.45) is 0.971. The summed E-state index contributed by atoms with van der Waals surface area (Å²) in [5, 5.41) is 11.9. The molecule has 0 radical (unpaired) electrons. The number of hydrogen-bond acceptors (Lipinski definition) is 5. The number of benzene rings is 1. The van der Waals surface area contributed by atoms with Gasteiger partial charge in [0.2, 0.25) is 11.7 Å². The third-order valence-electron chi connectivity index (χ3n) is 3.70. The number of aromatic nitrogens is 4. The van der Waals surface area contributed by atoms with Crippen LogP contribution in [0.5, 0.6) is 0 Å². The van der Waals surface area contributed by atoms with Crippen molar-refractivity contribution in [1.82, 2.24) is 25.1 Å². The first-order chi connectivity index (χ1) is 10.7. The molecule has 0 aliphatic carbocycles. The Labute approximate surface area is 128 Å². The molecule has 0 bridgehead atoms. The van der Waals surface area contributed by atoms with E-state index in [0.29, 0.717) is 31.9 Å². The average molecular weight is 301 g/mol. The van der Waals surface area contributed by atoms with E-state index in [1.165, 1.54) is 10.4 Å². The number of carbonyl (C=O) groups excluding carboxylic acids is 1. The molecule has 22 heavy (non-hydrogen) atoms. The van der Waals surface area contributed by atoms with Gasteiger partial charge in [-0.1, -0.05) is 30.3 Å². The highest BCUT2D eigenvalue weighted by Gasteiger charge is 2.28. The predicted octanol–water partition coefficient (Wildman–Crippen LogP) is 0.743. The summed E-state index contributed by atoms with van der Waals surface area (Å²) < 4.78 is 5.65. The largest absolute Gasteiger partial charge is 0.366 e. The molecule has 1 aliphatic heterocycles. The lowest BCUT2D eigenvalue weighted by molar-refractivity contribution is -0.139. The minimum absolute atomic E-state index is 0.140. The summed E-state index contributed by atoms with van der Waals surface area (Å²) in [4.78, 5) is 15.6. The summed E-state index contributed by atoms with van der Waals surface area (Å²) >= 11 is 0. The number of morpholine rings is 1. The number of ether oxygens (including phenoxy) is 1. The maximum Gasteiger partial charge on any atom is 0.223 e. The second kappa shape index (κ2) is 6.65. The van der Waals surface area contributed by atoms with Crippen molar-refractivity contribution in [3.05, 3.63) is 41.7 Å². The summed E-state index contributed by atoms with van der Waals surface area (Å²) in [6.45, 7) is 1.60. The molecule has 1 saturated heterocycles. The molecular formula is C15H19N5O2. The fourth-order valence-electron chi connectivity index (χ4n) is 2.51. The lowest BCUT2D eigenvalue weighted by Crippen LogP contribution is -2.42. The van der Waals surface area contributed by atoms with Gasteiger partial charge in [0.25, 0.3) is 0 Å². The smallest absolute Gasteiger partial charge is 0.223 e. The van der Waals surface area contributed by atoms with E-state index in [1.807, 2.05) is 35.2 Å². The van der Waals surface area contributed by atoms with Crippen LogP contribution in [-0.2, 0) is 23.0 Å². The number of amides is 1. The van der Waals surface area contributed by atoms with Gasteiger partial charge in [-0.25, -0.2) is 0 Å². The zero-order valence-corrected chi connectivity index (χ0v) is 12.6. The van der Waals surface area contributed by atoms with Crippen molar-refractivity contribution in [2.24, 2.45) is 7.05 Å². The maximum atomic E-state index is 12.4. The van der Waals surface area contributed by atoms with Crippen molar-refractivity contribution in [2.45, 2.75) is 18.9 Å². The predicted molar refractivity (Wildman–Crippen MR) is 78.8 cm³/mol. The topological polar surface area (TPSA) is 73.1 Å². The van der Waals surface area contributed by atoms with Crippen LogP contribution in [0.4, 0.5) is 0 Å². The minimum Gasteiger partial charge on any atom is -0.366 e. The Morgan fingerprint density at radius 1 is 1.36 bits per heavy atom. The molecule has 1 aromatic carbocycles. The van der Waals surface area contributed by atoms with Crippen LogP contribution in [0.15, 0.2) is 30.3 Å². The Kier molecular flexibility index (Phi) is 4.43. The van der Waals surface area contributed by atoms with Crippen LogP contribution in [0.1, 0.15) is 23.9 Å². The Balaban J connectivity index is 1.56. The van der Waals surface area contributed by atoms with E-state index in [-0.39, 0.29) is 12.0 Å². The number of hydrogen-bond donors (Lipinski definition) is 0. The van der Waals surface area contributed by atoms with Gasteiger partial charge in [-0.3, -0.25) is 4.79 Å². The zero-order chi connectivity index (χ0) is 15.4. The fraction of sp³-hybridized carbons (Fsp3) is 0.467. The van der Waals surface area contributed by atoms with Crippen molar-refractivity contribution < 1.29 is 9.53 Å². The van der Waals surface area contributed by atoms with Crippen molar-refractivity contribution >= 4 is 5.91 Å². The van der Waals surface area contributed by atoms with Gasteiger partial charge >= 0.3 is 0 Å². The molecule has 1 fully saturated rings. The summed E-state index contributed by atoms with van der Waals surface area (Å²) in [7, 11) is 1.71. The quantitative estimate of drug-likeness (QED) is 0.833. The molecule has 7 nitrogen and oxygen atoms in total. The molecule has 2 heterocycles. The van der Waals surface area contributed by atoms with Crippen LogP contribution >= 0.6 is 0 Å². The standard InChI is InChI=1S/C15H19N5O2/c1-19-17-15(16-18-19)13-11-20(9-10-22-13)14(21)8-7-12-5-3-2-4-6-12/h2-6,13H,7-11H2,1H3. The minimum atomic E-state index is -0.289. The van der Waals surface area contributed by atoms with E-state index in [4.69, 9.17) is 4.74 Å². The van der Waals surface area contributed by atoms with Crippen molar-refractivity contribution in [3.63, 3.8) is 0 Å². The number of carbonyl (C=O) groups is 1. The first kappa shape index (κ1) is 14.6. The van der Waals surface area contributed by atoms with Crippen LogP contribution in [0, 0.1) is 0 Å². The van der Waals surface area contributed by atoms with Gasteiger partial charge in [-0.05, 0) is 17.2 Å². The number of tetrazole rings is 1. The summed E-state index contributed by atoms with van der Waals surface area (Å²) in [6, 6.07) is 10.0. The molecule has 3 rings (SSSR count). The van der Waals surface area contributed by atoms with Gasteiger partial charge in [0, 0.05) is 13.0 Å². The third-order valence-corrected chi connectivity index (χ3v) is 3.70. The van der Waals surface area contributed by atoms with E-state index in [2.05, 4.69) is 15.4 Å². The van der Waals surface area contributed by atoms with Crippen molar-refractivity contribution in [1.29, 1.82) is 0 Å². The summed E-state index contributed by atoms with van der Waals surface area (Å²) in [5.41, 5.74) is 1.18. The molecule has 116 valence electrons. The number of aryl methyl sites for hydroxylation is 2. The van der Waals surface area contributed by atoms with Crippen LogP contribution in [0.25, 0.3) is 0 Å². The van der Waals surface area contributed by atoms with Crippen LogP contribution in [0.2, 0.25) is 0 Å². The van der Waals surface area contributed by atoms with E-state index >= 15 is 0 Å². The molecule has 2 aromatic rings. The Hall–Kier alpha value is -2.28. The number of nitrogens with zero attached hydrogens (tertiary/aromatic N) is 5. The number of rotatable bonds is 4. The summed E-state index contributed by atoms with van der Waals surface area (Å²) in [5.74, 6) is 0.670. The van der Waals surface area contributed by atoms with Gasteiger partial charge in [0.05, 0.1) is 20.2 Å². The highest BCUT2D eigenvalue weighted by atomic mass is 16.5. The first-order valence-corrected chi connectivity index (χ1v) is 7.39.